The van der Waals surface area contributed by atoms with Gasteiger partial charge in [0.05, 0.1) is 0 Å². The third-order valence-electron chi connectivity index (χ3n) is 13.5. The number of hydrogen-bond donors (Lipinski definition) is 0. The molecule has 2 nitrogen and oxygen atoms in total. The summed E-state index contributed by atoms with van der Waals surface area (Å²) in [6, 6.07) is 90.6. The lowest BCUT2D eigenvalue weighted by atomic mass is 10.0. The average Bonchev–Trinajstić information content (AvgIpc) is 3.89. The Morgan fingerprint density at radius 3 is 1.44 bits per heavy atom. The zero-order valence-corrected chi connectivity index (χ0v) is 38.7. The lowest BCUT2D eigenvalue weighted by Crippen LogP contribution is -2.72. The summed E-state index contributed by atoms with van der Waals surface area (Å²) in [6.45, 7) is 4.39. The SMILES string of the molecule is Cc1ccc([Si]2(c3ccc(C)cc3)c3ccc(N(c4ccc(-c5ccccc5)cc4)c4ccc5sc6ccccc6c5c4)cc3-c3ccc(N(c4ccccc4)c4ccccc4)cc32)cc1. The number of thiophene rings is 1. The molecular formula is C62H46N2SSi. The second-order valence-corrected chi connectivity index (χ2v) is 22.3. The largest absolute Gasteiger partial charge is 0.311 e. The molecule has 314 valence electrons. The van der Waals surface area contributed by atoms with Crippen molar-refractivity contribution < 1.29 is 0 Å². The van der Waals surface area contributed by atoms with Crippen LogP contribution in [0.25, 0.3) is 42.4 Å². The van der Waals surface area contributed by atoms with E-state index in [1.54, 1.807) is 0 Å². The zero-order chi connectivity index (χ0) is 44.2. The average molecular weight is 879 g/mol. The summed E-state index contributed by atoms with van der Waals surface area (Å²) < 4.78 is 2.61. The van der Waals surface area contributed by atoms with E-state index in [9.17, 15) is 0 Å². The molecule has 0 radical (unpaired) electrons. The molecule has 4 heteroatoms. The number of fused-ring (bicyclic) bond motifs is 6. The van der Waals surface area contributed by atoms with Gasteiger partial charge in [-0.25, -0.2) is 0 Å². The smallest absolute Gasteiger partial charge is 0.180 e. The Kier molecular flexibility index (Phi) is 9.86. The highest BCUT2D eigenvalue weighted by molar-refractivity contribution is 7.25. The first kappa shape index (κ1) is 39.8. The van der Waals surface area contributed by atoms with Crippen LogP contribution in [0.3, 0.4) is 0 Å². The summed E-state index contributed by atoms with van der Waals surface area (Å²) in [5.74, 6) is 0. The predicted octanol–water partition coefficient (Wildman–Crippen LogP) is 14.6. The Morgan fingerprint density at radius 1 is 0.318 bits per heavy atom. The molecule has 1 aromatic heterocycles. The van der Waals surface area contributed by atoms with Crippen molar-refractivity contribution >= 4 is 94.5 Å². The molecule has 0 saturated carbocycles. The summed E-state index contributed by atoms with van der Waals surface area (Å²) in [4.78, 5) is 4.87. The van der Waals surface area contributed by atoms with Gasteiger partial charge in [-0.05, 0) is 142 Å². The summed E-state index contributed by atoms with van der Waals surface area (Å²) in [6.07, 6.45) is 0. The molecule has 0 atom stereocenters. The van der Waals surface area contributed by atoms with Gasteiger partial charge in [0, 0.05) is 54.3 Å². The Hall–Kier alpha value is -7.76. The van der Waals surface area contributed by atoms with Gasteiger partial charge in [-0.1, -0.05) is 169 Å². The summed E-state index contributed by atoms with van der Waals surface area (Å²) in [5, 5.41) is 8.17. The number of anilines is 6. The predicted molar refractivity (Wildman–Crippen MR) is 286 cm³/mol. The van der Waals surface area contributed by atoms with Crippen LogP contribution in [0.5, 0.6) is 0 Å². The van der Waals surface area contributed by atoms with E-state index in [1.807, 2.05) is 11.3 Å². The standard InChI is InChI=1S/C62H46N2SSi/c1-43-22-33-53(34-23-43)66(54-35-24-44(2)25-36-54)61-39-32-51(41-58(61)56-37-30-52(42-62(56)66)63(47-16-8-4-9-17-47)48-18-10-5-11-19-48)64(49-28-26-46(27-29-49)45-14-6-3-7-15-45)50-31-38-60-57(40-50)55-20-12-13-21-59(55)65-60/h3-42H,1-2H3. The molecule has 0 spiro atoms. The van der Waals surface area contributed by atoms with Crippen LogP contribution in [-0.4, -0.2) is 8.07 Å². The van der Waals surface area contributed by atoms with E-state index in [2.05, 4.69) is 266 Å². The molecule has 0 bridgehead atoms. The van der Waals surface area contributed by atoms with Gasteiger partial charge in [-0.15, -0.1) is 11.3 Å². The molecule has 0 saturated heterocycles. The van der Waals surface area contributed by atoms with Crippen molar-refractivity contribution in [3.63, 3.8) is 0 Å². The third-order valence-corrected chi connectivity index (χ3v) is 19.5. The second kappa shape index (κ2) is 16.3. The number of para-hydroxylation sites is 2. The van der Waals surface area contributed by atoms with Crippen molar-refractivity contribution in [2.75, 3.05) is 9.80 Å². The molecule has 10 aromatic carbocycles. The molecule has 0 aliphatic carbocycles. The normalized spacial score (nSPS) is 12.5. The zero-order valence-electron chi connectivity index (χ0n) is 36.9. The monoisotopic (exact) mass is 878 g/mol. The Morgan fingerprint density at radius 2 is 0.788 bits per heavy atom. The van der Waals surface area contributed by atoms with E-state index in [0.717, 1.165) is 34.1 Å². The highest BCUT2D eigenvalue weighted by Crippen LogP contribution is 2.44. The molecular weight excluding hydrogens is 833 g/mol. The summed E-state index contributed by atoms with van der Waals surface area (Å²) in [7, 11) is -2.91. The number of benzene rings is 10. The van der Waals surface area contributed by atoms with E-state index in [0.29, 0.717) is 0 Å². The van der Waals surface area contributed by atoms with Gasteiger partial charge in [0.2, 0.25) is 0 Å². The Bertz CT molecular complexity index is 3440. The van der Waals surface area contributed by atoms with E-state index < -0.39 is 8.07 Å². The Balaban J connectivity index is 1.11. The fourth-order valence-electron chi connectivity index (χ4n) is 10.3. The van der Waals surface area contributed by atoms with Crippen LogP contribution < -0.4 is 30.5 Å². The fraction of sp³-hybridized carbons (Fsp3) is 0.0323. The van der Waals surface area contributed by atoms with E-state index in [-0.39, 0.29) is 0 Å². The number of nitrogens with zero attached hydrogens (tertiary/aromatic N) is 2. The highest BCUT2D eigenvalue weighted by atomic mass is 32.1. The fourth-order valence-corrected chi connectivity index (χ4v) is 16.5. The molecule has 0 unspecified atom stereocenters. The van der Waals surface area contributed by atoms with Gasteiger partial charge in [-0.2, -0.15) is 0 Å². The van der Waals surface area contributed by atoms with Crippen LogP contribution >= 0.6 is 11.3 Å². The first-order valence-corrected chi connectivity index (χ1v) is 25.6. The lowest BCUT2D eigenvalue weighted by molar-refractivity contribution is 1.29. The van der Waals surface area contributed by atoms with Crippen LogP contribution in [0.1, 0.15) is 11.1 Å². The van der Waals surface area contributed by atoms with E-state index in [4.69, 9.17) is 0 Å². The third kappa shape index (κ3) is 6.68. The number of aryl methyl sites for hydroxylation is 2. The van der Waals surface area contributed by atoms with Crippen molar-refractivity contribution in [2.45, 2.75) is 13.8 Å². The highest BCUT2D eigenvalue weighted by Gasteiger charge is 2.49. The maximum atomic E-state index is 2.52. The number of rotatable bonds is 9. The van der Waals surface area contributed by atoms with Crippen LogP contribution in [0.2, 0.25) is 0 Å². The second-order valence-electron chi connectivity index (χ2n) is 17.5. The van der Waals surface area contributed by atoms with Gasteiger partial charge in [0.15, 0.2) is 8.07 Å². The quantitative estimate of drug-likeness (QED) is 0.133. The summed E-state index contributed by atoms with van der Waals surface area (Å²) in [5.41, 5.74) is 14.3. The Labute approximate surface area is 392 Å². The molecule has 2 heterocycles. The van der Waals surface area contributed by atoms with Crippen molar-refractivity contribution in [3.05, 3.63) is 254 Å². The minimum Gasteiger partial charge on any atom is -0.311 e. The van der Waals surface area contributed by atoms with Crippen LogP contribution in [-0.2, 0) is 0 Å². The lowest BCUT2D eigenvalue weighted by Gasteiger charge is -2.33. The van der Waals surface area contributed by atoms with Crippen molar-refractivity contribution in [2.24, 2.45) is 0 Å². The van der Waals surface area contributed by atoms with Crippen LogP contribution in [0, 0.1) is 13.8 Å². The van der Waals surface area contributed by atoms with Gasteiger partial charge >= 0.3 is 0 Å². The molecule has 12 rings (SSSR count). The molecule has 1 aliphatic rings. The first-order valence-electron chi connectivity index (χ1n) is 22.7. The van der Waals surface area contributed by atoms with Crippen molar-refractivity contribution in [3.8, 4) is 22.3 Å². The maximum Gasteiger partial charge on any atom is 0.180 e. The van der Waals surface area contributed by atoms with Crippen molar-refractivity contribution in [1.82, 2.24) is 0 Å². The topological polar surface area (TPSA) is 6.48 Å². The maximum absolute atomic E-state index is 2.91. The minimum atomic E-state index is -2.91. The molecule has 0 fully saturated rings. The molecule has 66 heavy (non-hydrogen) atoms. The van der Waals surface area contributed by atoms with E-state index in [1.165, 1.54) is 74.3 Å². The van der Waals surface area contributed by atoms with Crippen LogP contribution in [0.15, 0.2) is 243 Å². The van der Waals surface area contributed by atoms with Gasteiger partial charge < -0.3 is 9.80 Å². The summed E-state index contributed by atoms with van der Waals surface area (Å²) >= 11 is 1.86. The molecule has 1 aliphatic heterocycles. The van der Waals surface area contributed by atoms with Crippen LogP contribution in [0.4, 0.5) is 34.1 Å². The van der Waals surface area contributed by atoms with Gasteiger partial charge in [0.25, 0.3) is 0 Å². The van der Waals surface area contributed by atoms with Gasteiger partial charge in [-0.3, -0.25) is 0 Å². The molecule has 11 aromatic rings. The first-order chi connectivity index (χ1) is 32.5. The van der Waals surface area contributed by atoms with E-state index >= 15 is 0 Å². The number of hydrogen-bond acceptors (Lipinski definition) is 3. The molecule has 0 N–H and O–H groups in total. The minimum absolute atomic E-state index is 1.11. The van der Waals surface area contributed by atoms with Gasteiger partial charge in [0.1, 0.15) is 0 Å². The van der Waals surface area contributed by atoms with Crippen molar-refractivity contribution in [1.29, 1.82) is 0 Å². The molecule has 0 amide bonds.